The number of para-hydroxylation sites is 1. The van der Waals surface area contributed by atoms with Gasteiger partial charge in [0.05, 0.1) is 12.8 Å². The zero-order chi connectivity index (χ0) is 21.1. The molecule has 2 aromatic carbocycles. The maximum atomic E-state index is 12.3. The van der Waals surface area contributed by atoms with E-state index in [1.165, 1.54) is 13.3 Å². The summed E-state index contributed by atoms with van der Waals surface area (Å²) in [6, 6.07) is 14.6. The SMILES string of the molecule is COc1cccc(-n2c(O)c(C=NCCc3c[nH]c4ccccc34)c(=O)[nH]c2=O)c1. The summed E-state index contributed by atoms with van der Waals surface area (Å²) in [6.07, 6.45) is 3.89. The highest BCUT2D eigenvalue weighted by molar-refractivity contribution is 5.83. The van der Waals surface area contributed by atoms with Crippen molar-refractivity contribution < 1.29 is 9.84 Å². The molecule has 0 fully saturated rings. The second-order valence-corrected chi connectivity index (χ2v) is 6.68. The molecular formula is C22H20N4O4. The van der Waals surface area contributed by atoms with Crippen molar-refractivity contribution in [2.24, 2.45) is 4.99 Å². The number of benzene rings is 2. The molecule has 0 bridgehead atoms. The van der Waals surface area contributed by atoms with E-state index in [1.807, 2.05) is 30.5 Å². The molecule has 0 aliphatic rings. The molecule has 0 spiro atoms. The fourth-order valence-electron chi connectivity index (χ4n) is 3.32. The van der Waals surface area contributed by atoms with Gasteiger partial charge in [-0.25, -0.2) is 9.36 Å². The van der Waals surface area contributed by atoms with E-state index in [0.717, 1.165) is 21.0 Å². The normalized spacial score (nSPS) is 11.4. The average molecular weight is 404 g/mol. The monoisotopic (exact) mass is 404 g/mol. The van der Waals surface area contributed by atoms with Crippen LogP contribution in [-0.4, -0.2) is 39.5 Å². The first-order valence-electron chi connectivity index (χ1n) is 9.36. The summed E-state index contributed by atoms with van der Waals surface area (Å²) in [6.45, 7) is 0.416. The number of ether oxygens (including phenoxy) is 1. The molecule has 30 heavy (non-hydrogen) atoms. The summed E-state index contributed by atoms with van der Waals surface area (Å²) in [4.78, 5) is 34.2. The first kappa shape index (κ1) is 19.3. The number of rotatable bonds is 6. The fraction of sp³-hybridized carbons (Fsp3) is 0.136. The maximum absolute atomic E-state index is 12.3. The van der Waals surface area contributed by atoms with Gasteiger partial charge in [-0.1, -0.05) is 24.3 Å². The molecular weight excluding hydrogens is 384 g/mol. The number of fused-ring (bicyclic) bond motifs is 1. The molecule has 4 rings (SSSR count). The van der Waals surface area contributed by atoms with Crippen LogP contribution in [0.25, 0.3) is 16.6 Å². The number of nitrogens with zero attached hydrogens (tertiary/aromatic N) is 2. The molecule has 0 aliphatic heterocycles. The molecule has 0 atom stereocenters. The minimum Gasteiger partial charge on any atom is -0.497 e. The van der Waals surface area contributed by atoms with E-state index in [4.69, 9.17) is 4.74 Å². The number of hydrogen-bond acceptors (Lipinski definition) is 5. The van der Waals surface area contributed by atoms with Gasteiger partial charge in [0, 0.05) is 35.9 Å². The first-order valence-corrected chi connectivity index (χ1v) is 9.36. The zero-order valence-electron chi connectivity index (χ0n) is 16.3. The Morgan fingerprint density at radius 1 is 1.17 bits per heavy atom. The summed E-state index contributed by atoms with van der Waals surface area (Å²) < 4.78 is 6.16. The summed E-state index contributed by atoms with van der Waals surface area (Å²) in [5.41, 5.74) is 0.991. The smallest absolute Gasteiger partial charge is 0.335 e. The molecule has 8 heteroatoms. The number of aliphatic imine (C=N–C) groups is 1. The number of methoxy groups -OCH3 is 1. The number of nitrogens with one attached hydrogen (secondary N) is 2. The lowest BCUT2D eigenvalue weighted by atomic mass is 10.1. The standard InChI is InChI=1S/C22H20N4O4/c1-30-16-6-4-5-15(11-16)26-21(28)18(20(27)25-22(26)29)13-23-10-9-14-12-24-19-8-3-2-7-17(14)19/h2-8,11-13,24,28H,9-10H2,1H3,(H,25,27,29). The number of H-pyrrole nitrogens is 2. The van der Waals surface area contributed by atoms with E-state index < -0.39 is 17.1 Å². The molecule has 4 aromatic rings. The van der Waals surface area contributed by atoms with Crippen LogP contribution < -0.4 is 16.0 Å². The van der Waals surface area contributed by atoms with Crippen LogP contribution in [-0.2, 0) is 6.42 Å². The molecule has 2 aromatic heterocycles. The van der Waals surface area contributed by atoms with Gasteiger partial charge in [0.2, 0.25) is 5.88 Å². The largest absolute Gasteiger partial charge is 0.497 e. The third kappa shape index (κ3) is 3.62. The second kappa shape index (κ2) is 8.12. The van der Waals surface area contributed by atoms with Gasteiger partial charge in [0.1, 0.15) is 11.3 Å². The van der Waals surface area contributed by atoms with E-state index in [1.54, 1.807) is 24.3 Å². The van der Waals surface area contributed by atoms with Crippen molar-refractivity contribution >= 4 is 17.1 Å². The Hall–Kier alpha value is -4.07. The number of aromatic nitrogens is 3. The molecule has 0 saturated carbocycles. The van der Waals surface area contributed by atoms with Gasteiger partial charge >= 0.3 is 5.69 Å². The molecule has 0 amide bonds. The quantitative estimate of drug-likeness (QED) is 0.428. The van der Waals surface area contributed by atoms with Crippen LogP contribution in [0.5, 0.6) is 11.6 Å². The van der Waals surface area contributed by atoms with Gasteiger partial charge in [-0.15, -0.1) is 0 Å². The van der Waals surface area contributed by atoms with Crippen molar-refractivity contribution in [1.82, 2.24) is 14.5 Å². The number of aromatic hydroxyl groups is 1. The van der Waals surface area contributed by atoms with E-state index in [0.29, 0.717) is 24.4 Å². The van der Waals surface area contributed by atoms with E-state index in [9.17, 15) is 14.7 Å². The number of hydrogen-bond donors (Lipinski definition) is 3. The van der Waals surface area contributed by atoms with Crippen LogP contribution in [0.2, 0.25) is 0 Å². The summed E-state index contributed by atoms with van der Waals surface area (Å²) in [5.74, 6) is 0.0341. The van der Waals surface area contributed by atoms with Crippen LogP contribution in [0, 0.1) is 0 Å². The third-order valence-corrected chi connectivity index (χ3v) is 4.84. The molecule has 8 nitrogen and oxygen atoms in total. The van der Waals surface area contributed by atoms with Crippen LogP contribution in [0.3, 0.4) is 0 Å². The second-order valence-electron chi connectivity index (χ2n) is 6.68. The van der Waals surface area contributed by atoms with Crippen LogP contribution in [0.4, 0.5) is 0 Å². The molecule has 2 heterocycles. The maximum Gasteiger partial charge on any atom is 0.335 e. The lowest BCUT2D eigenvalue weighted by molar-refractivity contribution is 0.412. The average Bonchev–Trinajstić information content (AvgIpc) is 3.16. The van der Waals surface area contributed by atoms with Crippen molar-refractivity contribution in [2.45, 2.75) is 6.42 Å². The fourth-order valence-corrected chi connectivity index (χ4v) is 3.32. The Kier molecular flexibility index (Phi) is 5.21. The van der Waals surface area contributed by atoms with Gasteiger partial charge in [0.15, 0.2) is 0 Å². The molecule has 0 unspecified atom stereocenters. The topological polar surface area (TPSA) is 112 Å². The van der Waals surface area contributed by atoms with Crippen molar-refractivity contribution in [2.75, 3.05) is 13.7 Å². The van der Waals surface area contributed by atoms with Crippen molar-refractivity contribution in [1.29, 1.82) is 0 Å². The Bertz CT molecular complexity index is 1350. The van der Waals surface area contributed by atoms with Gasteiger partial charge < -0.3 is 14.8 Å². The highest BCUT2D eigenvalue weighted by atomic mass is 16.5. The summed E-state index contributed by atoms with van der Waals surface area (Å²) in [7, 11) is 1.50. The van der Waals surface area contributed by atoms with E-state index in [-0.39, 0.29) is 5.56 Å². The van der Waals surface area contributed by atoms with Gasteiger partial charge in [-0.3, -0.25) is 14.8 Å². The Labute approximate surface area is 171 Å². The highest BCUT2D eigenvalue weighted by Gasteiger charge is 2.14. The van der Waals surface area contributed by atoms with Crippen molar-refractivity contribution in [3.05, 3.63) is 86.7 Å². The van der Waals surface area contributed by atoms with Crippen LogP contribution in [0.15, 0.2) is 69.3 Å². The molecule has 0 radical (unpaired) electrons. The Morgan fingerprint density at radius 3 is 2.83 bits per heavy atom. The van der Waals surface area contributed by atoms with Crippen LogP contribution in [0.1, 0.15) is 11.1 Å². The number of aromatic amines is 2. The predicted molar refractivity (Wildman–Crippen MR) is 115 cm³/mol. The van der Waals surface area contributed by atoms with Crippen molar-refractivity contribution in [3.8, 4) is 17.3 Å². The summed E-state index contributed by atoms with van der Waals surface area (Å²) >= 11 is 0. The molecule has 0 aliphatic carbocycles. The predicted octanol–water partition coefficient (Wildman–Crippen LogP) is 2.38. The zero-order valence-corrected chi connectivity index (χ0v) is 16.3. The van der Waals surface area contributed by atoms with E-state index >= 15 is 0 Å². The first-order chi connectivity index (χ1) is 14.6. The molecule has 0 saturated heterocycles. The lowest BCUT2D eigenvalue weighted by Crippen LogP contribution is -2.31. The Morgan fingerprint density at radius 2 is 2.00 bits per heavy atom. The van der Waals surface area contributed by atoms with Crippen LogP contribution >= 0.6 is 0 Å². The lowest BCUT2D eigenvalue weighted by Gasteiger charge is -2.10. The minimum atomic E-state index is -0.748. The van der Waals surface area contributed by atoms with E-state index in [2.05, 4.69) is 15.0 Å². The van der Waals surface area contributed by atoms with Crippen molar-refractivity contribution in [3.63, 3.8) is 0 Å². The summed E-state index contributed by atoms with van der Waals surface area (Å²) in [5, 5.41) is 11.7. The van der Waals surface area contributed by atoms with Gasteiger partial charge in [-0.05, 0) is 30.2 Å². The minimum absolute atomic E-state index is 0.0867. The molecule has 152 valence electrons. The third-order valence-electron chi connectivity index (χ3n) is 4.84. The highest BCUT2D eigenvalue weighted by Crippen LogP contribution is 2.20. The van der Waals surface area contributed by atoms with Gasteiger partial charge in [0.25, 0.3) is 5.56 Å². The van der Waals surface area contributed by atoms with Gasteiger partial charge in [-0.2, -0.15) is 0 Å². The molecule has 3 N–H and O–H groups in total. The Balaban J connectivity index is 1.61.